The van der Waals surface area contributed by atoms with E-state index in [-0.39, 0.29) is 23.2 Å². The molecule has 0 saturated heterocycles. The Labute approximate surface area is 124 Å². The molecule has 0 saturated carbocycles. The number of nitrogens with one attached hydrogen (secondary N) is 1. The lowest BCUT2D eigenvalue weighted by Gasteiger charge is -2.14. The molecule has 0 aliphatic carbocycles. The number of carboxylic acids is 2. The third-order valence-corrected chi connectivity index (χ3v) is 3.00. The third kappa shape index (κ3) is 4.27. The number of benzene rings is 1. The Balaban J connectivity index is 2.95. The van der Waals surface area contributed by atoms with Crippen LogP contribution in [0, 0.1) is 17.0 Å². The molecule has 0 aliphatic heterocycles. The van der Waals surface area contributed by atoms with Crippen LogP contribution in [-0.4, -0.2) is 39.0 Å². The third-order valence-electron chi connectivity index (χ3n) is 3.00. The van der Waals surface area contributed by atoms with Gasteiger partial charge in [0.2, 0.25) is 0 Å². The number of nitro groups is 1. The highest BCUT2D eigenvalue weighted by molar-refractivity contribution is 5.98. The van der Waals surface area contributed by atoms with Crippen molar-refractivity contribution >= 4 is 23.5 Å². The van der Waals surface area contributed by atoms with E-state index in [0.717, 1.165) is 0 Å². The molecule has 1 atom stereocenters. The lowest BCUT2D eigenvalue weighted by molar-refractivity contribution is -0.385. The summed E-state index contributed by atoms with van der Waals surface area (Å²) in [6, 6.07) is 2.48. The molecule has 0 bridgehead atoms. The van der Waals surface area contributed by atoms with Gasteiger partial charge in [0.05, 0.1) is 4.92 Å². The number of carbonyl (C=O) groups excluding carboxylic acids is 1. The molecular weight excluding hydrogens is 296 g/mol. The van der Waals surface area contributed by atoms with Crippen LogP contribution in [0.2, 0.25) is 0 Å². The number of carbonyl (C=O) groups is 3. The highest BCUT2D eigenvalue weighted by Gasteiger charge is 2.24. The van der Waals surface area contributed by atoms with Gasteiger partial charge in [-0.2, -0.15) is 0 Å². The van der Waals surface area contributed by atoms with Crippen LogP contribution < -0.4 is 5.32 Å². The minimum atomic E-state index is -1.39. The van der Waals surface area contributed by atoms with Crippen molar-refractivity contribution in [2.45, 2.75) is 25.8 Å². The van der Waals surface area contributed by atoms with Gasteiger partial charge in [0.25, 0.3) is 11.6 Å². The summed E-state index contributed by atoms with van der Waals surface area (Å²) in [4.78, 5) is 43.7. The van der Waals surface area contributed by atoms with Gasteiger partial charge in [-0.1, -0.05) is 6.07 Å². The number of hydrogen-bond donors (Lipinski definition) is 3. The molecule has 0 fully saturated rings. The largest absolute Gasteiger partial charge is 0.481 e. The van der Waals surface area contributed by atoms with Gasteiger partial charge in [-0.3, -0.25) is 19.7 Å². The first-order valence-corrected chi connectivity index (χ1v) is 6.23. The summed E-state index contributed by atoms with van der Waals surface area (Å²) in [6.45, 7) is 1.38. The second-order valence-electron chi connectivity index (χ2n) is 4.50. The number of carboxylic acid groups (broad SMARTS) is 2. The smallest absolute Gasteiger partial charge is 0.326 e. The first-order valence-electron chi connectivity index (χ1n) is 6.23. The summed E-state index contributed by atoms with van der Waals surface area (Å²) in [6.07, 6.45) is -0.713. The Morgan fingerprint density at radius 2 is 1.95 bits per heavy atom. The van der Waals surface area contributed by atoms with Crippen LogP contribution in [0.5, 0.6) is 0 Å². The molecule has 1 aromatic carbocycles. The quantitative estimate of drug-likeness (QED) is 0.501. The SMILES string of the molecule is Cc1c(C(=O)NC(CCC(=O)O)C(=O)O)cccc1[N+](=O)[O-]. The van der Waals surface area contributed by atoms with E-state index in [1.54, 1.807) is 0 Å². The molecule has 1 aromatic rings. The Bertz CT molecular complexity index is 627. The van der Waals surface area contributed by atoms with Crippen molar-refractivity contribution in [1.29, 1.82) is 0 Å². The van der Waals surface area contributed by atoms with Gasteiger partial charge >= 0.3 is 11.9 Å². The molecule has 0 aliphatic rings. The Kier molecular flexibility index (Phi) is 5.56. The van der Waals surface area contributed by atoms with Crippen molar-refractivity contribution in [2.75, 3.05) is 0 Å². The molecule has 0 aromatic heterocycles. The van der Waals surface area contributed by atoms with Gasteiger partial charge in [0.15, 0.2) is 0 Å². The van der Waals surface area contributed by atoms with Crippen LogP contribution in [0.25, 0.3) is 0 Å². The summed E-state index contributed by atoms with van der Waals surface area (Å²) in [5, 5.41) is 30.5. The maximum atomic E-state index is 12.1. The molecule has 3 N–H and O–H groups in total. The topological polar surface area (TPSA) is 147 Å². The van der Waals surface area contributed by atoms with Crippen molar-refractivity contribution in [2.24, 2.45) is 0 Å². The summed E-state index contributed by atoms with van der Waals surface area (Å²) < 4.78 is 0. The van der Waals surface area contributed by atoms with E-state index in [9.17, 15) is 24.5 Å². The Morgan fingerprint density at radius 3 is 2.45 bits per heavy atom. The van der Waals surface area contributed by atoms with Gasteiger partial charge in [0, 0.05) is 23.6 Å². The van der Waals surface area contributed by atoms with Gasteiger partial charge in [-0.15, -0.1) is 0 Å². The van der Waals surface area contributed by atoms with Crippen molar-refractivity contribution in [3.8, 4) is 0 Å². The van der Waals surface area contributed by atoms with Gasteiger partial charge in [0.1, 0.15) is 6.04 Å². The highest BCUT2D eigenvalue weighted by Crippen LogP contribution is 2.21. The summed E-state index contributed by atoms with van der Waals surface area (Å²) in [5.74, 6) is -3.37. The minimum Gasteiger partial charge on any atom is -0.481 e. The molecule has 1 unspecified atom stereocenters. The molecule has 9 nitrogen and oxygen atoms in total. The van der Waals surface area contributed by atoms with E-state index in [1.807, 2.05) is 0 Å². The monoisotopic (exact) mass is 310 g/mol. The summed E-state index contributed by atoms with van der Waals surface area (Å²) in [7, 11) is 0. The molecule has 0 spiro atoms. The molecular formula is C13H14N2O7. The lowest BCUT2D eigenvalue weighted by atomic mass is 10.0. The van der Waals surface area contributed by atoms with E-state index in [1.165, 1.54) is 25.1 Å². The van der Waals surface area contributed by atoms with Crippen LogP contribution in [0.1, 0.15) is 28.8 Å². The number of aliphatic carboxylic acids is 2. The van der Waals surface area contributed by atoms with Crippen molar-refractivity contribution in [3.63, 3.8) is 0 Å². The number of amides is 1. The van der Waals surface area contributed by atoms with E-state index < -0.39 is 35.2 Å². The van der Waals surface area contributed by atoms with Crippen LogP contribution in [-0.2, 0) is 9.59 Å². The number of hydrogen-bond acceptors (Lipinski definition) is 5. The molecule has 0 heterocycles. The lowest BCUT2D eigenvalue weighted by Crippen LogP contribution is -2.41. The van der Waals surface area contributed by atoms with Crippen LogP contribution >= 0.6 is 0 Å². The molecule has 22 heavy (non-hydrogen) atoms. The first-order chi connectivity index (χ1) is 10.2. The van der Waals surface area contributed by atoms with Crippen LogP contribution in [0.4, 0.5) is 5.69 Å². The second kappa shape index (κ2) is 7.16. The van der Waals surface area contributed by atoms with E-state index in [2.05, 4.69) is 5.32 Å². The number of rotatable bonds is 7. The predicted molar refractivity (Wildman–Crippen MR) is 73.6 cm³/mol. The normalized spacial score (nSPS) is 11.5. The zero-order valence-electron chi connectivity index (χ0n) is 11.6. The Morgan fingerprint density at radius 1 is 1.32 bits per heavy atom. The van der Waals surface area contributed by atoms with Crippen LogP contribution in [0.3, 0.4) is 0 Å². The number of nitro benzene ring substituents is 1. The van der Waals surface area contributed by atoms with Crippen molar-refractivity contribution in [1.82, 2.24) is 5.32 Å². The van der Waals surface area contributed by atoms with Gasteiger partial charge < -0.3 is 15.5 Å². The average molecular weight is 310 g/mol. The average Bonchev–Trinajstić information content (AvgIpc) is 2.42. The molecule has 1 rings (SSSR count). The van der Waals surface area contributed by atoms with Gasteiger partial charge in [-0.05, 0) is 19.4 Å². The number of nitrogens with zero attached hydrogens (tertiary/aromatic N) is 1. The standard InChI is InChI=1S/C13H14N2O7/c1-7-8(3-2-4-10(7)15(21)22)12(18)14-9(13(19)20)5-6-11(16)17/h2-4,9H,5-6H2,1H3,(H,14,18)(H,16,17)(H,19,20). The van der Waals surface area contributed by atoms with Crippen molar-refractivity contribution in [3.05, 3.63) is 39.4 Å². The zero-order valence-corrected chi connectivity index (χ0v) is 11.6. The second-order valence-corrected chi connectivity index (χ2v) is 4.50. The highest BCUT2D eigenvalue weighted by atomic mass is 16.6. The molecule has 1 amide bonds. The van der Waals surface area contributed by atoms with Gasteiger partial charge in [-0.25, -0.2) is 4.79 Å². The first kappa shape index (κ1) is 17.1. The van der Waals surface area contributed by atoms with E-state index in [0.29, 0.717) is 0 Å². The maximum Gasteiger partial charge on any atom is 0.326 e. The maximum absolute atomic E-state index is 12.1. The fraction of sp³-hybridized carbons (Fsp3) is 0.308. The molecule has 9 heteroatoms. The fourth-order valence-electron chi connectivity index (χ4n) is 1.83. The minimum absolute atomic E-state index is 0.0317. The fourth-order valence-corrected chi connectivity index (χ4v) is 1.83. The van der Waals surface area contributed by atoms with Crippen LogP contribution in [0.15, 0.2) is 18.2 Å². The predicted octanol–water partition coefficient (Wildman–Crippen LogP) is 0.951. The van der Waals surface area contributed by atoms with E-state index in [4.69, 9.17) is 10.2 Å². The molecule has 0 radical (unpaired) electrons. The summed E-state index contributed by atoms with van der Waals surface area (Å²) in [5.41, 5.74) is -0.187. The zero-order chi connectivity index (χ0) is 16.9. The summed E-state index contributed by atoms with van der Waals surface area (Å²) >= 11 is 0. The van der Waals surface area contributed by atoms with Crippen molar-refractivity contribution < 1.29 is 29.5 Å². The Hall–Kier alpha value is -2.97. The molecule has 118 valence electrons. The van der Waals surface area contributed by atoms with E-state index >= 15 is 0 Å².